The first-order valence-corrected chi connectivity index (χ1v) is 10.9. The number of rotatable bonds is 11. The molecule has 31 heavy (non-hydrogen) atoms. The Kier molecular flexibility index (Phi) is 10.5. The molecule has 0 aromatic heterocycles. The molecule has 0 aliphatic rings. The van der Waals surface area contributed by atoms with Crippen molar-refractivity contribution in [1.29, 1.82) is 0 Å². The number of carbonyl (C=O) groups is 2. The molecule has 1 amide bonds. The molecule has 0 saturated carbocycles. The zero-order valence-electron chi connectivity index (χ0n) is 18.1. The molecule has 2 aromatic carbocycles. The molecule has 2 N–H and O–H groups in total. The molecular formula is C24H30N2O4S. The predicted molar refractivity (Wildman–Crippen MR) is 126 cm³/mol. The summed E-state index contributed by atoms with van der Waals surface area (Å²) in [6.07, 6.45) is 1.63. The van der Waals surface area contributed by atoms with Crippen molar-refractivity contribution in [2.24, 2.45) is 5.92 Å². The molecule has 0 aliphatic carbocycles. The van der Waals surface area contributed by atoms with E-state index in [1.54, 1.807) is 0 Å². The number of thiocarbonyl (C=S) groups is 1. The van der Waals surface area contributed by atoms with Gasteiger partial charge in [-0.15, -0.1) is 0 Å². The average molecular weight is 443 g/mol. The van der Waals surface area contributed by atoms with Gasteiger partial charge in [-0.05, 0) is 42.3 Å². The van der Waals surface area contributed by atoms with E-state index in [1.165, 1.54) is 0 Å². The summed E-state index contributed by atoms with van der Waals surface area (Å²) < 4.78 is 10.9. The van der Waals surface area contributed by atoms with Gasteiger partial charge >= 0.3 is 5.97 Å². The van der Waals surface area contributed by atoms with Crippen molar-refractivity contribution in [2.45, 2.75) is 39.5 Å². The molecular weight excluding hydrogens is 412 g/mol. The van der Waals surface area contributed by atoms with Gasteiger partial charge < -0.3 is 20.1 Å². The van der Waals surface area contributed by atoms with Gasteiger partial charge in [0.15, 0.2) is 5.11 Å². The van der Waals surface area contributed by atoms with Gasteiger partial charge in [0.2, 0.25) is 5.91 Å². The number of amides is 1. The Labute approximate surface area is 189 Å². The summed E-state index contributed by atoms with van der Waals surface area (Å²) in [6.45, 7) is 5.23. The number of nitrogens with one attached hydrogen (secondary N) is 2. The van der Waals surface area contributed by atoms with Crippen molar-refractivity contribution in [3.8, 4) is 5.75 Å². The van der Waals surface area contributed by atoms with Gasteiger partial charge in [0.25, 0.3) is 0 Å². The van der Waals surface area contributed by atoms with Crippen LogP contribution in [0.3, 0.4) is 0 Å². The highest BCUT2D eigenvalue weighted by molar-refractivity contribution is 7.80. The molecule has 0 aliphatic heterocycles. The lowest BCUT2D eigenvalue weighted by molar-refractivity contribution is -0.144. The van der Waals surface area contributed by atoms with Crippen LogP contribution < -0.4 is 15.4 Å². The Hall–Kier alpha value is -2.93. The maximum Gasteiger partial charge on any atom is 0.306 e. The number of benzene rings is 2. The van der Waals surface area contributed by atoms with E-state index in [-0.39, 0.29) is 23.9 Å². The van der Waals surface area contributed by atoms with Gasteiger partial charge in [-0.2, -0.15) is 0 Å². The number of esters is 1. The van der Waals surface area contributed by atoms with Crippen LogP contribution in [-0.2, 0) is 20.7 Å². The van der Waals surface area contributed by atoms with E-state index in [0.717, 1.165) is 17.7 Å². The summed E-state index contributed by atoms with van der Waals surface area (Å²) in [5.74, 6) is 0.557. The van der Waals surface area contributed by atoms with Crippen molar-refractivity contribution in [1.82, 2.24) is 5.32 Å². The van der Waals surface area contributed by atoms with Gasteiger partial charge in [0, 0.05) is 24.6 Å². The van der Waals surface area contributed by atoms with Crippen LogP contribution in [0.25, 0.3) is 0 Å². The van der Waals surface area contributed by atoms with E-state index in [2.05, 4.69) is 24.5 Å². The first-order valence-electron chi connectivity index (χ1n) is 10.5. The van der Waals surface area contributed by atoms with Crippen LogP contribution in [0.15, 0.2) is 54.6 Å². The van der Waals surface area contributed by atoms with Crippen LogP contribution >= 0.6 is 12.2 Å². The van der Waals surface area contributed by atoms with Crippen LogP contribution in [0.4, 0.5) is 5.69 Å². The van der Waals surface area contributed by atoms with Crippen LogP contribution in [0, 0.1) is 5.92 Å². The first-order chi connectivity index (χ1) is 14.9. The number of anilines is 1. The summed E-state index contributed by atoms with van der Waals surface area (Å²) in [6, 6.07) is 17.1. The topological polar surface area (TPSA) is 76.7 Å². The summed E-state index contributed by atoms with van der Waals surface area (Å²) in [5, 5.41) is 5.70. The molecule has 2 aromatic rings. The standard InChI is InChI=1S/C24H30N2O4S/c1-18(2)13-15-29-21-10-6-9-20(17-21)25-24(31)26-22(27)11-12-23(28)30-16-14-19-7-4-3-5-8-19/h3-10,17-18H,11-16H2,1-2H3,(H2,25,26,27,31). The van der Waals surface area contributed by atoms with E-state index >= 15 is 0 Å². The fraction of sp³-hybridized carbons (Fsp3) is 0.375. The van der Waals surface area contributed by atoms with E-state index < -0.39 is 5.97 Å². The monoisotopic (exact) mass is 442 g/mol. The fourth-order valence-corrected chi connectivity index (χ4v) is 2.87. The maximum absolute atomic E-state index is 12.0. The van der Waals surface area contributed by atoms with Crippen molar-refractivity contribution in [2.75, 3.05) is 18.5 Å². The molecule has 0 atom stereocenters. The number of carbonyl (C=O) groups excluding carboxylic acids is 2. The Morgan fingerprint density at radius 2 is 1.77 bits per heavy atom. The molecule has 0 saturated heterocycles. The third-order valence-corrected chi connectivity index (χ3v) is 4.57. The second kappa shape index (κ2) is 13.4. The molecule has 7 heteroatoms. The van der Waals surface area contributed by atoms with Crippen LogP contribution in [0.5, 0.6) is 5.75 Å². The minimum Gasteiger partial charge on any atom is -0.494 e. The Morgan fingerprint density at radius 1 is 1.00 bits per heavy atom. The summed E-state index contributed by atoms with van der Waals surface area (Å²) in [5.41, 5.74) is 1.81. The molecule has 0 unspecified atom stereocenters. The quantitative estimate of drug-likeness (QED) is 0.394. The second-order valence-electron chi connectivity index (χ2n) is 7.52. The molecule has 0 spiro atoms. The SMILES string of the molecule is CC(C)CCOc1cccc(NC(=S)NC(=O)CCC(=O)OCCc2ccccc2)c1. The molecule has 166 valence electrons. The molecule has 2 rings (SSSR count). The largest absolute Gasteiger partial charge is 0.494 e. The third-order valence-electron chi connectivity index (χ3n) is 4.36. The lowest BCUT2D eigenvalue weighted by Gasteiger charge is -2.12. The lowest BCUT2D eigenvalue weighted by Crippen LogP contribution is -2.34. The van der Waals surface area contributed by atoms with Crippen LogP contribution in [0.1, 0.15) is 38.7 Å². The Balaban J connectivity index is 1.65. The maximum atomic E-state index is 12.0. The summed E-state index contributed by atoms with van der Waals surface area (Å²) in [4.78, 5) is 23.9. The first kappa shape index (κ1) is 24.3. The molecule has 6 nitrogen and oxygen atoms in total. The lowest BCUT2D eigenvalue weighted by atomic mass is 10.1. The smallest absolute Gasteiger partial charge is 0.306 e. The van der Waals surface area contributed by atoms with Crippen LogP contribution in [0.2, 0.25) is 0 Å². The van der Waals surface area contributed by atoms with Crippen molar-refractivity contribution >= 4 is 34.9 Å². The van der Waals surface area contributed by atoms with E-state index in [9.17, 15) is 9.59 Å². The zero-order chi connectivity index (χ0) is 22.5. The van der Waals surface area contributed by atoms with Gasteiger partial charge in [-0.3, -0.25) is 9.59 Å². The van der Waals surface area contributed by atoms with Gasteiger partial charge in [0.1, 0.15) is 5.75 Å². The van der Waals surface area contributed by atoms with E-state index in [0.29, 0.717) is 31.2 Å². The van der Waals surface area contributed by atoms with Crippen LogP contribution in [-0.4, -0.2) is 30.2 Å². The highest BCUT2D eigenvalue weighted by atomic mass is 32.1. The molecule has 0 heterocycles. The van der Waals surface area contributed by atoms with Gasteiger partial charge in [0.05, 0.1) is 19.6 Å². The fourth-order valence-electron chi connectivity index (χ4n) is 2.64. The van der Waals surface area contributed by atoms with Crippen molar-refractivity contribution in [3.63, 3.8) is 0 Å². The molecule has 0 bridgehead atoms. The van der Waals surface area contributed by atoms with Crippen molar-refractivity contribution < 1.29 is 19.1 Å². The van der Waals surface area contributed by atoms with Crippen molar-refractivity contribution in [3.05, 3.63) is 60.2 Å². The highest BCUT2D eigenvalue weighted by Gasteiger charge is 2.10. The third kappa shape index (κ3) is 10.6. The Morgan fingerprint density at radius 3 is 2.52 bits per heavy atom. The van der Waals surface area contributed by atoms with E-state index in [1.807, 2.05) is 54.6 Å². The average Bonchev–Trinajstić information content (AvgIpc) is 2.73. The van der Waals surface area contributed by atoms with E-state index in [4.69, 9.17) is 21.7 Å². The Bertz CT molecular complexity index is 856. The van der Waals surface area contributed by atoms with Gasteiger partial charge in [-0.25, -0.2) is 0 Å². The predicted octanol–water partition coefficient (Wildman–Crippen LogP) is 4.49. The zero-order valence-corrected chi connectivity index (χ0v) is 18.9. The number of hydrogen-bond donors (Lipinski definition) is 2. The molecule has 0 radical (unpaired) electrons. The summed E-state index contributed by atoms with van der Waals surface area (Å²) in [7, 11) is 0. The van der Waals surface area contributed by atoms with Gasteiger partial charge in [-0.1, -0.05) is 50.2 Å². The number of hydrogen-bond acceptors (Lipinski definition) is 5. The minimum absolute atomic E-state index is 0.00239. The minimum atomic E-state index is -0.406. The normalized spacial score (nSPS) is 10.4. The number of ether oxygens (including phenoxy) is 2. The second-order valence-corrected chi connectivity index (χ2v) is 7.93. The molecule has 0 fully saturated rings. The summed E-state index contributed by atoms with van der Waals surface area (Å²) >= 11 is 5.18. The highest BCUT2D eigenvalue weighted by Crippen LogP contribution is 2.18.